The Morgan fingerprint density at radius 1 is 1.12 bits per heavy atom. The summed E-state index contributed by atoms with van der Waals surface area (Å²) in [6, 6.07) is 13.3. The molecule has 25 heavy (non-hydrogen) atoms. The molecule has 0 saturated carbocycles. The van der Waals surface area contributed by atoms with Crippen LogP contribution in [0.25, 0.3) is 0 Å². The van der Waals surface area contributed by atoms with Gasteiger partial charge in [-0.2, -0.15) is 0 Å². The number of rotatable bonds is 4. The van der Waals surface area contributed by atoms with Crippen LogP contribution in [0.1, 0.15) is 16.8 Å². The van der Waals surface area contributed by atoms with Crippen LogP contribution in [0, 0.1) is 0 Å². The Balaban J connectivity index is 1.73. The van der Waals surface area contributed by atoms with E-state index in [-0.39, 0.29) is 31.4 Å². The summed E-state index contributed by atoms with van der Waals surface area (Å²) in [6.45, 7) is 0.152. The van der Waals surface area contributed by atoms with E-state index in [1.807, 2.05) is 6.07 Å². The van der Waals surface area contributed by atoms with E-state index in [4.69, 9.17) is 10.5 Å². The summed E-state index contributed by atoms with van der Waals surface area (Å²) in [4.78, 5) is 37.1. The van der Waals surface area contributed by atoms with Crippen LogP contribution in [-0.4, -0.2) is 30.9 Å². The van der Waals surface area contributed by atoms with Gasteiger partial charge in [0.2, 0.25) is 17.7 Å². The van der Waals surface area contributed by atoms with Gasteiger partial charge in [-0.1, -0.05) is 12.1 Å². The minimum atomic E-state index is -0.537. The summed E-state index contributed by atoms with van der Waals surface area (Å²) < 4.78 is 5.55. The molecule has 7 nitrogen and oxygen atoms in total. The highest BCUT2D eigenvalue weighted by molar-refractivity contribution is 6.04. The van der Waals surface area contributed by atoms with Crippen LogP contribution in [0.2, 0.25) is 0 Å². The van der Waals surface area contributed by atoms with Crippen LogP contribution in [0.4, 0.5) is 11.4 Å². The Bertz CT molecular complexity index is 817. The Morgan fingerprint density at radius 3 is 2.56 bits per heavy atom. The third kappa shape index (κ3) is 3.77. The molecule has 0 unspecified atom stereocenters. The van der Waals surface area contributed by atoms with Crippen molar-refractivity contribution >= 4 is 29.1 Å². The molecule has 0 aliphatic carbocycles. The van der Waals surface area contributed by atoms with Crippen LogP contribution in [0.15, 0.2) is 48.5 Å². The van der Waals surface area contributed by atoms with Crippen molar-refractivity contribution < 1.29 is 19.1 Å². The zero-order valence-electron chi connectivity index (χ0n) is 13.4. The molecule has 1 heterocycles. The second-order valence-electron chi connectivity index (χ2n) is 5.54. The Labute approximate surface area is 144 Å². The van der Waals surface area contributed by atoms with Crippen molar-refractivity contribution in [2.45, 2.75) is 6.42 Å². The van der Waals surface area contributed by atoms with Crippen molar-refractivity contribution in [1.82, 2.24) is 0 Å². The fraction of sp³-hybridized carbons (Fsp3) is 0.167. The fourth-order valence-electron chi connectivity index (χ4n) is 2.56. The highest BCUT2D eigenvalue weighted by atomic mass is 16.5. The average molecular weight is 339 g/mol. The molecule has 7 heteroatoms. The SMILES string of the molecule is NC(=O)c1ccc(NC(=O)CN2C(=O)CCOc3ccccc32)cc1. The van der Waals surface area contributed by atoms with Crippen LogP contribution in [0.5, 0.6) is 5.75 Å². The van der Waals surface area contributed by atoms with Crippen LogP contribution in [0.3, 0.4) is 0 Å². The zero-order chi connectivity index (χ0) is 17.8. The van der Waals surface area contributed by atoms with E-state index in [9.17, 15) is 14.4 Å². The normalized spacial score (nSPS) is 13.4. The van der Waals surface area contributed by atoms with Gasteiger partial charge in [-0.25, -0.2) is 0 Å². The van der Waals surface area contributed by atoms with Crippen LogP contribution < -0.4 is 20.7 Å². The smallest absolute Gasteiger partial charge is 0.248 e. The Kier molecular flexibility index (Phi) is 4.65. The van der Waals surface area contributed by atoms with Gasteiger partial charge >= 0.3 is 0 Å². The molecular weight excluding hydrogens is 322 g/mol. The topological polar surface area (TPSA) is 102 Å². The summed E-state index contributed by atoms with van der Waals surface area (Å²) in [5.41, 5.74) is 6.62. The molecule has 3 N–H and O–H groups in total. The number of anilines is 2. The lowest BCUT2D eigenvalue weighted by Gasteiger charge is -2.21. The van der Waals surface area contributed by atoms with Gasteiger partial charge in [0, 0.05) is 11.3 Å². The first-order valence-corrected chi connectivity index (χ1v) is 7.76. The lowest BCUT2D eigenvalue weighted by molar-refractivity contribution is -0.121. The number of fused-ring (bicyclic) bond motifs is 1. The molecule has 2 aromatic carbocycles. The van der Waals surface area contributed by atoms with E-state index in [1.54, 1.807) is 30.3 Å². The Hall–Kier alpha value is -3.35. The maximum atomic E-state index is 12.3. The lowest BCUT2D eigenvalue weighted by Crippen LogP contribution is -2.37. The molecule has 0 bridgehead atoms. The number of nitrogens with zero attached hydrogens (tertiary/aromatic N) is 1. The van der Waals surface area contributed by atoms with Crippen molar-refractivity contribution in [3.8, 4) is 5.75 Å². The zero-order valence-corrected chi connectivity index (χ0v) is 13.4. The predicted molar refractivity (Wildman–Crippen MR) is 92.5 cm³/mol. The van der Waals surface area contributed by atoms with Crippen molar-refractivity contribution in [2.75, 3.05) is 23.4 Å². The number of ether oxygens (including phenoxy) is 1. The first-order chi connectivity index (χ1) is 12.0. The number of carbonyl (C=O) groups excluding carboxylic acids is 3. The summed E-state index contributed by atoms with van der Waals surface area (Å²) >= 11 is 0. The monoisotopic (exact) mass is 339 g/mol. The van der Waals surface area contributed by atoms with E-state index in [0.29, 0.717) is 22.7 Å². The maximum Gasteiger partial charge on any atom is 0.248 e. The van der Waals surface area contributed by atoms with E-state index in [0.717, 1.165) is 0 Å². The average Bonchev–Trinajstić information content (AvgIpc) is 2.75. The van der Waals surface area contributed by atoms with Gasteiger partial charge in [-0.15, -0.1) is 0 Å². The number of hydrogen-bond acceptors (Lipinski definition) is 4. The van der Waals surface area contributed by atoms with Crippen molar-refractivity contribution in [2.24, 2.45) is 5.73 Å². The van der Waals surface area contributed by atoms with E-state index < -0.39 is 5.91 Å². The Morgan fingerprint density at radius 2 is 1.84 bits per heavy atom. The first-order valence-electron chi connectivity index (χ1n) is 7.76. The van der Waals surface area contributed by atoms with Crippen LogP contribution >= 0.6 is 0 Å². The predicted octanol–water partition coefficient (Wildman–Crippen LogP) is 1.54. The van der Waals surface area contributed by atoms with E-state index in [1.165, 1.54) is 17.0 Å². The maximum absolute atomic E-state index is 12.3. The van der Waals surface area contributed by atoms with Gasteiger partial charge < -0.3 is 15.8 Å². The standard InChI is InChI=1S/C18H17N3O4/c19-18(24)12-5-7-13(8-6-12)20-16(22)11-21-14-3-1-2-4-15(14)25-10-9-17(21)23/h1-8H,9-11H2,(H2,19,24)(H,20,22). The van der Waals surface area contributed by atoms with Gasteiger partial charge in [0.05, 0.1) is 18.7 Å². The third-order valence-corrected chi connectivity index (χ3v) is 3.79. The largest absolute Gasteiger partial charge is 0.491 e. The van der Waals surface area contributed by atoms with E-state index in [2.05, 4.69) is 5.32 Å². The van der Waals surface area contributed by atoms with Gasteiger partial charge in [0.25, 0.3) is 0 Å². The second kappa shape index (κ2) is 7.04. The molecule has 2 aromatic rings. The molecule has 0 radical (unpaired) electrons. The molecule has 1 aliphatic heterocycles. The minimum absolute atomic E-state index is 0.128. The minimum Gasteiger partial charge on any atom is -0.491 e. The number of nitrogens with two attached hydrogens (primary N) is 1. The third-order valence-electron chi connectivity index (χ3n) is 3.79. The van der Waals surface area contributed by atoms with Crippen molar-refractivity contribution in [1.29, 1.82) is 0 Å². The highest BCUT2D eigenvalue weighted by Gasteiger charge is 2.25. The summed E-state index contributed by atoms with van der Waals surface area (Å²) in [5.74, 6) is -0.488. The van der Waals surface area contributed by atoms with Crippen molar-refractivity contribution in [3.05, 3.63) is 54.1 Å². The number of carbonyl (C=O) groups is 3. The molecule has 0 saturated heterocycles. The summed E-state index contributed by atoms with van der Waals surface area (Å²) in [5, 5.41) is 2.70. The molecule has 0 atom stereocenters. The van der Waals surface area contributed by atoms with Gasteiger partial charge in [0.1, 0.15) is 12.3 Å². The number of benzene rings is 2. The summed E-state index contributed by atoms with van der Waals surface area (Å²) in [7, 11) is 0. The molecule has 1 aliphatic rings. The molecule has 0 aromatic heterocycles. The molecule has 128 valence electrons. The number of hydrogen-bond donors (Lipinski definition) is 2. The van der Waals surface area contributed by atoms with Gasteiger partial charge in [-0.05, 0) is 36.4 Å². The fourth-order valence-corrected chi connectivity index (χ4v) is 2.56. The first kappa shape index (κ1) is 16.5. The van der Waals surface area contributed by atoms with E-state index >= 15 is 0 Å². The lowest BCUT2D eigenvalue weighted by atomic mass is 10.2. The molecular formula is C18H17N3O4. The molecule has 0 fully saturated rings. The second-order valence-corrected chi connectivity index (χ2v) is 5.54. The molecule has 0 spiro atoms. The number of amides is 3. The summed E-state index contributed by atoms with van der Waals surface area (Å²) in [6.07, 6.45) is 0.204. The van der Waals surface area contributed by atoms with Crippen molar-refractivity contribution in [3.63, 3.8) is 0 Å². The molecule has 3 rings (SSSR count). The quantitative estimate of drug-likeness (QED) is 0.882. The number of para-hydroxylation sites is 2. The van der Waals surface area contributed by atoms with Gasteiger partial charge in [0.15, 0.2) is 0 Å². The molecule has 3 amide bonds. The highest BCUT2D eigenvalue weighted by Crippen LogP contribution is 2.30. The number of primary amides is 1. The van der Waals surface area contributed by atoms with Gasteiger partial charge in [-0.3, -0.25) is 19.3 Å². The number of nitrogens with one attached hydrogen (secondary N) is 1. The van der Waals surface area contributed by atoms with Crippen LogP contribution in [-0.2, 0) is 9.59 Å².